The van der Waals surface area contributed by atoms with Gasteiger partial charge in [0.15, 0.2) is 0 Å². The Kier molecular flexibility index (Phi) is 4.02. The lowest BCUT2D eigenvalue weighted by atomic mass is 10.2. The van der Waals surface area contributed by atoms with Gasteiger partial charge in [0, 0.05) is 31.5 Å². The molecule has 0 saturated heterocycles. The van der Waals surface area contributed by atoms with E-state index in [-0.39, 0.29) is 0 Å². The van der Waals surface area contributed by atoms with Gasteiger partial charge in [0.1, 0.15) is 11.9 Å². The molecule has 4 nitrogen and oxygen atoms in total. The first-order valence-corrected chi connectivity index (χ1v) is 7.30. The van der Waals surface area contributed by atoms with Gasteiger partial charge in [0.05, 0.1) is 5.56 Å². The fraction of sp³-hybridized carbons (Fsp3) is 0.294. The zero-order valence-electron chi connectivity index (χ0n) is 11.9. The highest BCUT2D eigenvalue weighted by Crippen LogP contribution is 2.27. The highest BCUT2D eigenvalue weighted by Gasteiger charge is 2.17. The second-order valence-corrected chi connectivity index (χ2v) is 5.16. The Morgan fingerprint density at radius 1 is 1.24 bits per heavy atom. The number of nitriles is 1. The van der Waals surface area contributed by atoms with Crippen LogP contribution in [0, 0.1) is 11.3 Å². The van der Waals surface area contributed by atoms with Crippen LogP contribution in [-0.4, -0.2) is 24.6 Å². The average Bonchev–Trinajstić information content (AvgIpc) is 2.95. The van der Waals surface area contributed by atoms with Gasteiger partial charge in [-0.05, 0) is 36.6 Å². The van der Waals surface area contributed by atoms with Gasteiger partial charge >= 0.3 is 0 Å². The minimum Gasteiger partial charge on any atom is -0.371 e. The molecule has 1 aliphatic rings. The lowest BCUT2D eigenvalue weighted by Crippen LogP contribution is -2.23. The van der Waals surface area contributed by atoms with Gasteiger partial charge in [-0.1, -0.05) is 18.2 Å². The van der Waals surface area contributed by atoms with Crippen molar-refractivity contribution in [2.24, 2.45) is 0 Å². The summed E-state index contributed by atoms with van der Waals surface area (Å²) in [4.78, 5) is 6.64. The van der Waals surface area contributed by atoms with Gasteiger partial charge in [0.25, 0.3) is 0 Å². The number of hydrogen-bond acceptors (Lipinski definition) is 4. The molecule has 0 radical (unpaired) electrons. The maximum absolute atomic E-state index is 9.02. The van der Waals surface area contributed by atoms with Crippen molar-refractivity contribution in [1.82, 2.24) is 4.98 Å². The number of aromatic nitrogens is 1. The maximum atomic E-state index is 9.02. The van der Waals surface area contributed by atoms with E-state index in [9.17, 15) is 0 Å². The van der Waals surface area contributed by atoms with Crippen molar-refractivity contribution < 1.29 is 0 Å². The highest BCUT2D eigenvalue weighted by atomic mass is 15.1. The first kappa shape index (κ1) is 13.4. The predicted molar refractivity (Wildman–Crippen MR) is 84.4 cm³/mol. The molecule has 0 saturated carbocycles. The summed E-state index contributed by atoms with van der Waals surface area (Å²) < 4.78 is 0. The van der Waals surface area contributed by atoms with Crippen molar-refractivity contribution in [1.29, 1.82) is 5.26 Å². The quantitative estimate of drug-likeness (QED) is 0.854. The van der Waals surface area contributed by atoms with E-state index in [1.807, 2.05) is 0 Å². The maximum Gasteiger partial charge on any atom is 0.143 e. The number of rotatable bonds is 5. The third-order valence-corrected chi connectivity index (χ3v) is 3.81. The van der Waals surface area contributed by atoms with E-state index in [1.165, 1.54) is 11.3 Å². The van der Waals surface area contributed by atoms with Gasteiger partial charge < -0.3 is 10.2 Å². The summed E-state index contributed by atoms with van der Waals surface area (Å²) in [5, 5.41) is 12.3. The van der Waals surface area contributed by atoms with Crippen molar-refractivity contribution in [3.8, 4) is 6.07 Å². The molecule has 3 rings (SSSR count). The molecule has 4 heteroatoms. The van der Waals surface area contributed by atoms with Crippen LogP contribution in [0.4, 0.5) is 11.5 Å². The number of pyridine rings is 1. The molecular formula is C17H18N4. The monoisotopic (exact) mass is 278 g/mol. The molecule has 0 bridgehead atoms. The molecule has 2 aromatic rings. The normalized spacial score (nSPS) is 12.8. The van der Waals surface area contributed by atoms with Gasteiger partial charge in [-0.2, -0.15) is 5.26 Å². The third kappa shape index (κ3) is 2.97. The summed E-state index contributed by atoms with van der Waals surface area (Å²) in [6.07, 6.45) is 3.87. The van der Waals surface area contributed by atoms with E-state index >= 15 is 0 Å². The Morgan fingerprint density at radius 3 is 3.05 bits per heavy atom. The number of hydrogen-bond donors (Lipinski definition) is 1. The van der Waals surface area contributed by atoms with E-state index < -0.39 is 0 Å². The fourth-order valence-corrected chi connectivity index (χ4v) is 2.75. The highest BCUT2D eigenvalue weighted by molar-refractivity contribution is 5.57. The van der Waals surface area contributed by atoms with Crippen LogP contribution in [0.1, 0.15) is 17.5 Å². The summed E-state index contributed by atoms with van der Waals surface area (Å²) in [5.41, 5.74) is 3.42. The minimum absolute atomic E-state index is 0.601. The minimum atomic E-state index is 0.601. The molecule has 2 heterocycles. The molecule has 1 aromatic heterocycles. The van der Waals surface area contributed by atoms with Crippen LogP contribution in [0.5, 0.6) is 0 Å². The molecule has 0 aliphatic carbocycles. The number of nitrogens with one attached hydrogen (secondary N) is 1. The summed E-state index contributed by atoms with van der Waals surface area (Å²) in [7, 11) is 0. The molecule has 0 atom stereocenters. The Balaban J connectivity index is 1.51. The first-order chi connectivity index (χ1) is 10.4. The first-order valence-electron chi connectivity index (χ1n) is 7.30. The lowest BCUT2D eigenvalue weighted by Gasteiger charge is -2.19. The second-order valence-electron chi connectivity index (χ2n) is 5.16. The summed E-state index contributed by atoms with van der Waals surface area (Å²) in [6.45, 7) is 2.95. The summed E-state index contributed by atoms with van der Waals surface area (Å²) in [6, 6.07) is 14.3. The topological polar surface area (TPSA) is 52.0 Å². The van der Waals surface area contributed by atoms with E-state index in [1.54, 1.807) is 18.3 Å². The van der Waals surface area contributed by atoms with Gasteiger partial charge in [-0.15, -0.1) is 0 Å². The van der Waals surface area contributed by atoms with Gasteiger partial charge in [0.2, 0.25) is 0 Å². The second kappa shape index (κ2) is 6.27. The average molecular weight is 278 g/mol. The van der Waals surface area contributed by atoms with Crippen LogP contribution in [0.3, 0.4) is 0 Å². The molecule has 21 heavy (non-hydrogen) atoms. The van der Waals surface area contributed by atoms with E-state index in [0.29, 0.717) is 11.4 Å². The fourth-order valence-electron chi connectivity index (χ4n) is 2.75. The summed E-state index contributed by atoms with van der Waals surface area (Å²) >= 11 is 0. The standard InChI is InChI=1S/C17H18N4/c18-13-15-6-3-9-19-17(15)20-10-4-11-21-12-8-14-5-1-2-7-16(14)21/h1-3,5-7,9H,4,8,10-12H2,(H,19,20). The molecule has 0 amide bonds. The van der Waals surface area contributed by atoms with Crippen LogP contribution >= 0.6 is 0 Å². The van der Waals surface area contributed by atoms with E-state index in [0.717, 1.165) is 32.5 Å². The van der Waals surface area contributed by atoms with Crippen molar-refractivity contribution in [2.45, 2.75) is 12.8 Å². The number of para-hydroxylation sites is 1. The van der Waals surface area contributed by atoms with Crippen molar-refractivity contribution >= 4 is 11.5 Å². The van der Waals surface area contributed by atoms with Crippen molar-refractivity contribution in [3.63, 3.8) is 0 Å². The van der Waals surface area contributed by atoms with Crippen molar-refractivity contribution in [2.75, 3.05) is 29.9 Å². The Labute approximate surface area is 125 Å². The largest absolute Gasteiger partial charge is 0.371 e. The molecule has 1 aromatic carbocycles. The molecule has 1 aliphatic heterocycles. The Bertz CT molecular complexity index is 660. The number of anilines is 2. The molecule has 0 unspecified atom stereocenters. The zero-order chi connectivity index (χ0) is 14.5. The molecule has 0 fully saturated rings. The molecule has 0 spiro atoms. The van der Waals surface area contributed by atoms with Crippen LogP contribution in [0.2, 0.25) is 0 Å². The third-order valence-electron chi connectivity index (χ3n) is 3.81. The number of benzene rings is 1. The predicted octanol–water partition coefficient (Wildman–Crippen LogP) is 2.82. The molecule has 1 N–H and O–H groups in total. The SMILES string of the molecule is N#Cc1cccnc1NCCCN1CCc2ccccc21. The molecule has 106 valence electrons. The van der Waals surface area contributed by atoms with E-state index in [2.05, 4.69) is 45.5 Å². The summed E-state index contributed by atoms with van der Waals surface area (Å²) in [5.74, 6) is 0.682. The van der Waals surface area contributed by atoms with Crippen LogP contribution in [-0.2, 0) is 6.42 Å². The van der Waals surface area contributed by atoms with Crippen molar-refractivity contribution in [3.05, 3.63) is 53.7 Å². The Morgan fingerprint density at radius 2 is 2.14 bits per heavy atom. The lowest BCUT2D eigenvalue weighted by molar-refractivity contribution is 0.772. The van der Waals surface area contributed by atoms with Gasteiger partial charge in [-0.3, -0.25) is 0 Å². The Hall–Kier alpha value is -2.54. The zero-order valence-corrected chi connectivity index (χ0v) is 11.9. The van der Waals surface area contributed by atoms with Crippen LogP contribution in [0.15, 0.2) is 42.6 Å². The molecular weight excluding hydrogens is 260 g/mol. The van der Waals surface area contributed by atoms with E-state index in [4.69, 9.17) is 5.26 Å². The van der Waals surface area contributed by atoms with Crippen LogP contribution < -0.4 is 10.2 Å². The number of nitrogens with zero attached hydrogens (tertiary/aromatic N) is 3. The van der Waals surface area contributed by atoms with Gasteiger partial charge in [-0.25, -0.2) is 4.98 Å². The smallest absolute Gasteiger partial charge is 0.143 e. The van der Waals surface area contributed by atoms with Crippen LogP contribution in [0.25, 0.3) is 0 Å². The number of fused-ring (bicyclic) bond motifs is 1.